The van der Waals surface area contributed by atoms with Gasteiger partial charge in [-0.25, -0.2) is 4.39 Å². The van der Waals surface area contributed by atoms with Gasteiger partial charge < -0.3 is 14.6 Å². The molecule has 2 amide bonds. The zero-order valence-corrected chi connectivity index (χ0v) is 20.4. The highest BCUT2D eigenvalue weighted by Crippen LogP contribution is 2.50. The zero-order chi connectivity index (χ0) is 25.4. The van der Waals surface area contributed by atoms with Gasteiger partial charge in [-0.15, -0.1) is 0 Å². The molecule has 0 saturated carbocycles. The van der Waals surface area contributed by atoms with Crippen LogP contribution in [0.1, 0.15) is 31.7 Å². The van der Waals surface area contributed by atoms with E-state index in [1.807, 2.05) is 31.2 Å². The quantitative estimate of drug-likeness (QED) is 0.441. The third-order valence-electron chi connectivity index (χ3n) is 7.53. The summed E-state index contributed by atoms with van der Waals surface area (Å²) in [5.74, 6) is -2.27. The van der Waals surface area contributed by atoms with E-state index in [0.717, 1.165) is 23.1 Å². The number of methoxy groups -OCH3 is 1. The lowest BCUT2D eigenvalue weighted by atomic mass is 9.69. The number of hydrogen-bond donors (Lipinski definition) is 1. The van der Waals surface area contributed by atoms with Crippen molar-refractivity contribution >= 4 is 23.6 Å². The summed E-state index contributed by atoms with van der Waals surface area (Å²) in [4.78, 5) is 28.2. The van der Waals surface area contributed by atoms with Crippen LogP contribution < -0.4 is 4.90 Å². The molecule has 188 valence electrons. The zero-order valence-electron chi connectivity index (χ0n) is 20.4. The molecule has 1 aliphatic carbocycles. The van der Waals surface area contributed by atoms with Gasteiger partial charge in [-0.3, -0.25) is 14.5 Å². The highest BCUT2D eigenvalue weighted by molar-refractivity contribution is 6.22. The number of imide groups is 1. The lowest BCUT2D eigenvalue weighted by Crippen LogP contribution is -2.35. The van der Waals surface area contributed by atoms with Gasteiger partial charge in [0.05, 0.1) is 36.8 Å². The van der Waals surface area contributed by atoms with Crippen molar-refractivity contribution in [1.82, 2.24) is 0 Å². The number of ether oxygens (including phenoxy) is 2. The van der Waals surface area contributed by atoms with Crippen molar-refractivity contribution in [1.29, 1.82) is 0 Å². The number of phenolic OH excluding ortho intramolecular Hbond substituents is 1. The molecule has 0 radical (unpaired) electrons. The first-order valence-electron chi connectivity index (χ1n) is 12.3. The summed E-state index contributed by atoms with van der Waals surface area (Å²) in [5, 5.41) is 9.41. The largest absolute Gasteiger partial charge is 0.505 e. The fraction of sp³-hybridized carbons (Fsp3) is 0.379. The Kier molecular flexibility index (Phi) is 6.77. The van der Waals surface area contributed by atoms with E-state index in [0.29, 0.717) is 37.3 Å². The molecular weight excluding hydrogens is 461 g/mol. The molecule has 0 unspecified atom stereocenters. The van der Waals surface area contributed by atoms with Crippen LogP contribution in [-0.4, -0.2) is 43.3 Å². The van der Waals surface area contributed by atoms with Crippen LogP contribution in [0, 0.1) is 23.6 Å². The topological polar surface area (TPSA) is 76.1 Å². The number of hydrogen-bond acceptors (Lipinski definition) is 5. The molecule has 2 aromatic rings. The molecule has 5 rings (SSSR count). The van der Waals surface area contributed by atoms with Crippen LogP contribution in [-0.2, 0) is 19.1 Å². The summed E-state index contributed by atoms with van der Waals surface area (Å²) >= 11 is 0. The number of benzene rings is 2. The summed E-state index contributed by atoms with van der Waals surface area (Å²) in [6.45, 7) is 2.79. The maximum atomic E-state index is 13.7. The fourth-order valence-electron chi connectivity index (χ4n) is 5.94. The molecule has 6 nitrogen and oxygen atoms in total. The summed E-state index contributed by atoms with van der Waals surface area (Å²) in [7, 11) is 1.64. The molecule has 2 fully saturated rings. The molecular formula is C29H30FNO5. The Balaban J connectivity index is 1.36. The molecule has 2 aromatic carbocycles. The number of fused-ring (bicyclic) bond motifs is 3. The van der Waals surface area contributed by atoms with Crippen LogP contribution in [0.5, 0.6) is 5.75 Å². The first-order chi connectivity index (χ1) is 17.4. The van der Waals surface area contributed by atoms with Crippen LogP contribution in [0.25, 0.3) is 6.08 Å². The van der Waals surface area contributed by atoms with Crippen LogP contribution in [0.15, 0.2) is 65.3 Å². The standard InChI is InChI=1S/C29H30FNO5/c1-17(12-18-9-10-24(32)23(30)13-18)8-11-25-26-19(15-35-2)14-21-27(22(26)16-36-25)29(34)31(28(21)33)20-6-4-3-5-7-20/h3-7,9-10,12-13,21-22,25,27,32H,8,11,14-16H2,1-2H3/b17-12+/t21-,22+,25-,27-/m1/s1. The van der Waals surface area contributed by atoms with E-state index in [4.69, 9.17) is 9.47 Å². The highest BCUT2D eigenvalue weighted by atomic mass is 19.1. The lowest BCUT2D eigenvalue weighted by Gasteiger charge is -2.31. The van der Waals surface area contributed by atoms with Gasteiger partial charge in [0.15, 0.2) is 11.6 Å². The number of allylic oxidation sites excluding steroid dienone is 1. The van der Waals surface area contributed by atoms with E-state index >= 15 is 0 Å². The number of carbonyl (C=O) groups is 2. The van der Waals surface area contributed by atoms with Crippen molar-refractivity contribution in [2.24, 2.45) is 17.8 Å². The molecule has 0 aromatic heterocycles. The molecule has 7 heteroatoms. The number of anilines is 1. The van der Waals surface area contributed by atoms with Crippen molar-refractivity contribution in [3.8, 4) is 5.75 Å². The Hall–Kier alpha value is -3.29. The van der Waals surface area contributed by atoms with E-state index < -0.39 is 17.7 Å². The number of para-hydroxylation sites is 1. The summed E-state index contributed by atoms with van der Waals surface area (Å²) in [5.41, 5.74) is 4.52. The lowest BCUT2D eigenvalue weighted by molar-refractivity contribution is -0.122. The number of amides is 2. The third-order valence-corrected chi connectivity index (χ3v) is 7.53. The van der Waals surface area contributed by atoms with Crippen LogP contribution in [0.3, 0.4) is 0 Å². The Bertz CT molecular complexity index is 1240. The Morgan fingerprint density at radius 2 is 1.94 bits per heavy atom. The van der Waals surface area contributed by atoms with Gasteiger partial charge >= 0.3 is 0 Å². The maximum Gasteiger partial charge on any atom is 0.238 e. The molecule has 4 atom stereocenters. The Morgan fingerprint density at radius 1 is 1.17 bits per heavy atom. The fourth-order valence-corrected chi connectivity index (χ4v) is 5.94. The maximum absolute atomic E-state index is 13.7. The predicted octanol–water partition coefficient (Wildman–Crippen LogP) is 4.88. The van der Waals surface area contributed by atoms with Crippen LogP contribution >= 0.6 is 0 Å². The monoisotopic (exact) mass is 491 g/mol. The van der Waals surface area contributed by atoms with Gasteiger partial charge in [-0.2, -0.15) is 0 Å². The van der Waals surface area contributed by atoms with Crippen molar-refractivity contribution in [3.63, 3.8) is 0 Å². The number of phenols is 1. The van der Waals surface area contributed by atoms with Crippen molar-refractivity contribution < 1.29 is 28.6 Å². The normalized spacial score (nSPS) is 26.0. The van der Waals surface area contributed by atoms with Crippen molar-refractivity contribution in [2.75, 3.05) is 25.2 Å². The SMILES string of the molecule is COCC1=C2[C@@H](CC/C(C)=C/c3ccc(O)c(F)c3)OC[C@@H]2[C@@H]2C(=O)N(c3ccccc3)C(=O)[C@@H]2C1. The van der Waals surface area contributed by atoms with E-state index in [-0.39, 0.29) is 29.6 Å². The van der Waals surface area contributed by atoms with Crippen molar-refractivity contribution in [2.45, 2.75) is 32.3 Å². The second-order valence-electron chi connectivity index (χ2n) is 9.84. The second-order valence-corrected chi connectivity index (χ2v) is 9.84. The number of carbonyl (C=O) groups excluding carboxylic acids is 2. The molecule has 0 bridgehead atoms. The van der Waals surface area contributed by atoms with E-state index in [2.05, 4.69) is 0 Å². The van der Waals surface area contributed by atoms with Gasteiger partial charge in [0.1, 0.15) is 0 Å². The number of rotatable bonds is 7. The van der Waals surface area contributed by atoms with Gasteiger partial charge in [-0.05, 0) is 67.2 Å². The average molecular weight is 492 g/mol. The first kappa shape index (κ1) is 24.4. The van der Waals surface area contributed by atoms with Gasteiger partial charge in [0.2, 0.25) is 11.8 Å². The first-order valence-corrected chi connectivity index (χ1v) is 12.3. The Morgan fingerprint density at radius 3 is 2.67 bits per heavy atom. The number of nitrogens with zero attached hydrogens (tertiary/aromatic N) is 1. The minimum atomic E-state index is -0.648. The minimum absolute atomic E-state index is 0.139. The summed E-state index contributed by atoms with van der Waals surface area (Å²) in [6.07, 6.45) is 3.67. The highest BCUT2D eigenvalue weighted by Gasteiger charge is 2.57. The summed E-state index contributed by atoms with van der Waals surface area (Å²) in [6, 6.07) is 13.4. The average Bonchev–Trinajstić information content (AvgIpc) is 3.39. The number of aromatic hydroxyl groups is 1. The van der Waals surface area contributed by atoms with E-state index in [1.54, 1.807) is 25.3 Å². The van der Waals surface area contributed by atoms with Crippen molar-refractivity contribution in [3.05, 3.63) is 76.6 Å². The molecule has 2 heterocycles. The third kappa shape index (κ3) is 4.38. The molecule has 0 spiro atoms. The predicted molar refractivity (Wildman–Crippen MR) is 134 cm³/mol. The second kappa shape index (κ2) is 9.99. The van der Waals surface area contributed by atoms with Gasteiger partial charge in [0.25, 0.3) is 0 Å². The van der Waals surface area contributed by atoms with Gasteiger partial charge in [-0.1, -0.05) is 35.9 Å². The van der Waals surface area contributed by atoms with Gasteiger partial charge in [0, 0.05) is 13.0 Å². The molecule has 2 saturated heterocycles. The molecule has 36 heavy (non-hydrogen) atoms. The minimum Gasteiger partial charge on any atom is -0.505 e. The van der Waals surface area contributed by atoms with Crippen LogP contribution in [0.2, 0.25) is 0 Å². The summed E-state index contributed by atoms with van der Waals surface area (Å²) < 4.78 is 25.4. The van der Waals surface area contributed by atoms with Crippen LogP contribution in [0.4, 0.5) is 10.1 Å². The number of halogens is 1. The molecule has 1 N–H and O–H groups in total. The smallest absolute Gasteiger partial charge is 0.238 e. The Labute approximate surface area is 210 Å². The molecule has 2 aliphatic heterocycles. The van der Waals surface area contributed by atoms with E-state index in [9.17, 15) is 19.1 Å². The molecule has 3 aliphatic rings. The van der Waals surface area contributed by atoms with E-state index in [1.165, 1.54) is 17.0 Å².